The Balaban J connectivity index is 1.66. The zero-order valence-electron chi connectivity index (χ0n) is 12.5. The number of ether oxygens (including phenoxy) is 1. The smallest absolute Gasteiger partial charge is 0.262 e. The van der Waals surface area contributed by atoms with Crippen LogP contribution in [0.15, 0.2) is 24.3 Å². The third kappa shape index (κ3) is 2.92. The number of hydrogen-bond donors (Lipinski definition) is 1. The van der Waals surface area contributed by atoms with Gasteiger partial charge in [-0.15, -0.1) is 0 Å². The zero-order chi connectivity index (χ0) is 15.7. The number of rotatable bonds is 3. The number of hydrogen-bond acceptors (Lipinski definition) is 3. The fraction of sp³-hybridized carbons (Fsp3) is 0.562. The lowest BCUT2D eigenvalue weighted by atomic mass is 9.97. The van der Waals surface area contributed by atoms with Gasteiger partial charge in [-0.3, -0.25) is 10.1 Å². The second-order valence-corrected chi connectivity index (χ2v) is 6.01. The molecular weight excluding hydrogens is 290 g/mol. The Morgan fingerprint density at radius 1 is 1.41 bits per heavy atom. The molecule has 1 aromatic rings. The summed E-state index contributed by atoms with van der Waals surface area (Å²) in [5, 5.41) is 2.63. The van der Waals surface area contributed by atoms with Crippen molar-refractivity contribution < 1.29 is 18.3 Å². The second-order valence-electron chi connectivity index (χ2n) is 6.01. The molecule has 6 heteroatoms. The Morgan fingerprint density at radius 2 is 2.18 bits per heavy atom. The molecule has 1 aromatic carbocycles. The standard InChI is InChI=1S/C16H20F2N2O2/c1-22-14-5-3-2-4-12(14)11-6-7-20(9-11)15(21)13-8-16(17,18)10-19-13/h2-5,11,13,19H,6-10H2,1H3. The van der Waals surface area contributed by atoms with Crippen LogP contribution in [-0.4, -0.2) is 49.5 Å². The molecule has 2 aliphatic rings. The minimum absolute atomic E-state index is 0.196. The lowest BCUT2D eigenvalue weighted by Gasteiger charge is -2.21. The quantitative estimate of drug-likeness (QED) is 0.928. The number of likely N-dealkylation sites (tertiary alicyclic amines) is 1. The number of benzene rings is 1. The molecule has 2 saturated heterocycles. The summed E-state index contributed by atoms with van der Waals surface area (Å²) in [7, 11) is 1.63. The molecule has 0 bridgehead atoms. The molecule has 2 aliphatic heterocycles. The second kappa shape index (κ2) is 5.83. The van der Waals surface area contributed by atoms with Crippen LogP contribution in [0.1, 0.15) is 24.3 Å². The predicted octanol–water partition coefficient (Wildman–Crippen LogP) is 2.01. The third-order valence-electron chi connectivity index (χ3n) is 4.49. The van der Waals surface area contributed by atoms with Gasteiger partial charge in [0.25, 0.3) is 5.92 Å². The highest BCUT2D eigenvalue weighted by Crippen LogP contribution is 2.34. The fourth-order valence-corrected chi connectivity index (χ4v) is 3.33. The van der Waals surface area contributed by atoms with E-state index in [4.69, 9.17) is 4.74 Å². The molecule has 3 rings (SSSR count). The van der Waals surface area contributed by atoms with Crippen molar-refractivity contribution in [2.45, 2.75) is 30.7 Å². The van der Waals surface area contributed by atoms with Crippen LogP contribution in [0.25, 0.3) is 0 Å². The van der Waals surface area contributed by atoms with Gasteiger partial charge in [0.05, 0.1) is 19.7 Å². The summed E-state index contributed by atoms with van der Waals surface area (Å²) < 4.78 is 31.8. The Kier molecular flexibility index (Phi) is 4.04. The number of carbonyl (C=O) groups excluding carboxylic acids is 1. The maximum atomic E-state index is 13.2. The van der Waals surface area contributed by atoms with E-state index in [1.807, 2.05) is 24.3 Å². The van der Waals surface area contributed by atoms with E-state index < -0.39 is 24.9 Å². The lowest BCUT2D eigenvalue weighted by Crippen LogP contribution is -2.42. The maximum Gasteiger partial charge on any atom is 0.262 e. The van der Waals surface area contributed by atoms with Crippen LogP contribution < -0.4 is 10.1 Å². The van der Waals surface area contributed by atoms with Gasteiger partial charge in [-0.2, -0.15) is 0 Å². The van der Waals surface area contributed by atoms with Gasteiger partial charge < -0.3 is 9.64 Å². The first-order valence-electron chi connectivity index (χ1n) is 7.53. The van der Waals surface area contributed by atoms with E-state index in [1.54, 1.807) is 12.0 Å². The van der Waals surface area contributed by atoms with Gasteiger partial charge in [-0.05, 0) is 18.1 Å². The minimum atomic E-state index is -2.78. The van der Waals surface area contributed by atoms with Crippen molar-refractivity contribution >= 4 is 5.91 Å². The third-order valence-corrected chi connectivity index (χ3v) is 4.49. The number of amides is 1. The Hall–Kier alpha value is -1.69. The molecule has 1 amide bonds. The monoisotopic (exact) mass is 310 g/mol. The SMILES string of the molecule is COc1ccccc1C1CCN(C(=O)C2CC(F)(F)CN2)C1. The van der Waals surface area contributed by atoms with Crippen LogP contribution in [0.2, 0.25) is 0 Å². The van der Waals surface area contributed by atoms with Crippen LogP contribution in [0, 0.1) is 0 Å². The molecule has 0 aromatic heterocycles. The van der Waals surface area contributed by atoms with Crippen molar-refractivity contribution in [3.63, 3.8) is 0 Å². The number of alkyl halides is 2. The zero-order valence-corrected chi connectivity index (χ0v) is 12.5. The van der Waals surface area contributed by atoms with E-state index >= 15 is 0 Å². The van der Waals surface area contributed by atoms with E-state index in [1.165, 1.54) is 0 Å². The molecule has 1 N–H and O–H groups in total. The van der Waals surface area contributed by atoms with Gasteiger partial charge in [0.1, 0.15) is 5.75 Å². The molecule has 4 nitrogen and oxygen atoms in total. The molecular formula is C16H20F2N2O2. The molecule has 2 atom stereocenters. The first-order valence-corrected chi connectivity index (χ1v) is 7.53. The van der Waals surface area contributed by atoms with Crippen molar-refractivity contribution in [1.82, 2.24) is 10.2 Å². The largest absolute Gasteiger partial charge is 0.496 e. The topological polar surface area (TPSA) is 41.6 Å². The Labute approximate surface area is 128 Å². The van der Waals surface area contributed by atoms with Crippen molar-refractivity contribution in [3.05, 3.63) is 29.8 Å². The summed E-state index contributed by atoms with van der Waals surface area (Å²) in [5.41, 5.74) is 1.07. The fourth-order valence-electron chi connectivity index (χ4n) is 3.33. The molecule has 2 fully saturated rings. The lowest BCUT2D eigenvalue weighted by molar-refractivity contribution is -0.132. The summed E-state index contributed by atoms with van der Waals surface area (Å²) in [6, 6.07) is 7.00. The van der Waals surface area contributed by atoms with Gasteiger partial charge >= 0.3 is 0 Å². The summed E-state index contributed by atoms with van der Waals surface area (Å²) in [5.74, 6) is -1.98. The number of nitrogens with one attached hydrogen (secondary N) is 1. The van der Waals surface area contributed by atoms with E-state index in [0.29, 0.717) is 13.1 Å². The summed E-state index contributed by atoms with van der Waals surface area (Å²) in [4.78, 5) is 14.1. The van der Waals surface area contributed by atoms with Crippen LogP contribution in [0.5, 0.6) is 5.75 Å². The molecule has 0 spiro atoms. The highest BCUT2D eigenvalue weighted by molar-refractivity contribution is 5.82. The molecule has 2 unspecified atom stereocenters. The minimum Gasteiger partial charge on any atom is -0.496 e. The van der Waals surface area contributed by atoms with Crippen molar-refractivity contribution in [3.8, 4) is 5.75 Å². The summed E-state index contributed by atoms with van der Waals surface area (Å²) in [6.07, 6.45) is 0.427. The first kappa shape index (κ1) is 15.2. The maximum absolute atomic E-state index is 13.2. The Morgan fingerprint density at radius 3 is 2.86 bits per heavy atom. The predicted molar refractivity (Wildman–Crippen MR) is 78.3 cm³/mol. The summed E-state index contributed by atoms with van der Waals surface area (Å²) in [6.45, 7) is 0.751. The van der Waals surface area contributed by atoms with Crippen LogP contribution >= 0.6 is 0 Å². The number of nitrogens with zero attached hydrogens (tertiary/aromatic N) is 1. The molecule has 0 radical (unpaired) electrons. The molecule has 2 heterocycles. The van der Waals surface area contributed by atoms with Gasteiger partial charge in [0, 0.05) is 25.4 Å². The molecule has 22 heavy (non-hydrogen) atoms. The molecule has 120 valence electrons. The van der Waals surface area contributed by atoms with Gasteiger partial charge in [0.2, 0.25) is 5.91 Å². The van der Waals surface area contributed by atoms with Crippen molar-refractivity contribution in [1.29, 1.82) is 0 Å². The highest BCUT2D eigenvalue weighted by atomic mass is 19.3. The Bertz CT molecular complexity index is 565. The first-order chi connectivity index (χ1) is 10.5. The van der Waals surface area contributed by atoms with E-state index in [0.717, 1.165) is 17.7 Å². The average molecular weight is 310 g/mol. The van der Waals surface area contributed by atoms with Crippen molar-refractivity contribution in [2.24, 2.45) is 0 Å². The van der Waals surface area contributed by atoms with Gasteiger partial charge in [-0.25, -0.2) is 8.78 Å². The van der Waals surface area contributed by atoms with Crippen LogP contribution in [0.4, 0.5) is 8.78 Å². The van der Waals surface area contributed by atoms with Crippen LogP contribution in [0.3, 0.4) is 0 Å². The normalized spacial score (nSPS) is 27.1. The highest BCUT2D eigenvalue weighted by Gasteiger charge is 2.44. The molecule has 0 aliphatic carbocycles. The summed E-state index contributed by atoms with van der Waals surface area (Å²) >= 11 is 0. The van der Waals surface area contributed by atoms with Gasteiger partial charge in [0.15, 0.2) is 0 Å². The van der Waals surface area contributed by atoms with Gasteiger partial charge in [-0.1, -0.05) is 18.2 Å². The van der Waals surface area contributed by atoms with E-state index in [9.17, 15) is 13.6 Å². The number of para-hydroxylation sites is 1. The number of methoxy groups -OCH3 is 1. The average Bonchev–Trinajstić information content (AvgIpc) is 3.13. The van der Waals surface area contributed by atoms with Crippen LogP contribution in [-0.2, 0) is 4.79 Å². The van der Waals surface area contributed by atoms with E-state index in [2.05, 4.69) is 5.32 Å². The van der Waals surface area contributed by atoms with Crippen molar-refractivity contribution in [2.75, 3.05) is 26.7 Å². The molecule has 0 saturated carbocycles. The van der Waals surface area contributed by atoms with E-state index in [-0.39, 0.29) is 11.8 Å². The number of carbonyl (C=O) groups is 1. The number of halogens is 2.